The molecule has 1 saturated carbocycles. The number of aromatic nitrogens is 3. The van der Waals surface area contributed by atoms with Crippen LogP contribution in [0.1, 0.15) is 25.7 Å². The minimum absolute atomic E-state index is 0.141. The van der Waals surface area contributed by atoms with E-state index < -0.39 is 5.54 Å². The highest BCUT2D eigenvalue weighted by Gasteiger charge is 2.35. The van der Waals surface area contributed by atoms with Gasteiger partial charge in [0.25, 0.3) is 0 Å². The highest BCUT2D eigenvalue weighted by Crippen LogP contribution is 2.29. The van der Waals surface area contributed by atoms with Crippen molar-refractivity contribution in [3.63, 3.8) is 0 Å². The quantitative estimate of drug-likeness (QED) is 0.584. The second kappa shape index (κ2) is 8.35. The molecule has 6 nitrogen and oxygen atoms in total. The second-order valence-corrected chi connectivity index (χ2v) is 7.39. The zero-order valence-corrected chi connectivity index (χ0v) is 15.6. The number of thioether (sulfide) groups is 1. The summed E-state index contributed by atoms with van der Waals surface area (Å²) in [6.07, 6.45) is 5.01. The Labute approximate surface area is 161 Å². The van der Waals surface area contributed by atoms with Gasteiger partial charge in [-0.05, 0) is 49.9 Å². The molecule has 1 aliphatic rings. The molecule has 1 fully saturated rings. The normalized spacial score (nSPS) is 15.3. The molecule has 2 aromatic rings. The number of rotatable bonds is 7. The van der Waals surface area contributed by atoms with E-state index >= 15 is 0 Å². The molecule has 0 bridgehead atoms. The van der Waals surface area contributed by atoms with E-state index in [9.17, 15) is 14.4 Å². The molecular formula is C19H20FN5OS. The van der Waals surface area contributed by atoms with Crippen molar-refractivity contribution in [1.82, 2.24) is 20.1 Å². The second-order valence-electron chi connectivity index (χ2n) is 6.45. The average molecular weight is 385 g/mol. The number of benzene rings is 1. The van der Waals surface area contributed by atoms with Crippen LogP contribution in [0.5, 0.6) is 0 Å². The number of hydrogen-bond acceptors (Lipinski definition) is 5. The van der Waals surface area contributed by atoms with E-state index in [1.165, 1.54) is 23.9 Å². The Hall–Kier alpha value is -2.66. The lowest BCUT2D eigenvalue weighted by atomic mass is 10.0. The molecule has 1 heterocycles. The van der Waals surface area contributed by atoms with Crippen LogP contribution < -0.4 is 5.32 Å². The molecule has 0 spiro atoms. The van der Waals surface area contributed by atoms with Crippen LogP contribution in [0.3, 0.4) is 0 Å². The maximum atomic E-state index is 13.2. The largest absolute Gasteiger partial charge is 0.337 e. The lowest BCUT2D eigenvalue weighted by molar-refractivity contribution is -0.119. The van der Waals surface area contributed by atoms with Crippen molar-refractivity contribution in [3.05, 3.63) is 42.7 Å². The highest BCUT2D eigenvalue weighted by molar-refractivity contribution is 7.99. The van der Waals surface area contributed by atoms with Crippen molar-refractivity contribution >= 4 is 17.7 Å². The lowest BCUT2D eigenvalue weighted by Gasteiger charge is -2.21. The molecule has 27 heavy (non-hydrogen) atoms. The van der Waals surface area contributed by atoms with Gasteiger partial charge in [-0.25, -0.2) is 4.39 Å². The van der Waals surface area contributed by atoms with E-state index in [0.717, 1.165) is 18.4 Å². The third-order valence-corrected chi connectivity index (χ3v) is 5.48. The van der Waals surface area contributed by atoms with Gasteiger partial charge in [-0.1, -0.05) is 17.8 Å². The first-order chi connectivity index (χ1) is 13.1. The molecule has 1 amide bonds. The van der Waals surface area contributed by atoms with Crippen LogP contribution in [0.25, 0.3) is 11.4 Å². The molecule has 1 aliphatic carbocycles. The third kappa shape index (κ3) is 4.37. The molecule has 0 radical (unpaired) electrons. The van der Waals surface area contributed by atoms with Crippen LogP contribution in [0.2, 0.25) is 0 Å². The van der Waals surface area contributed by atoms with Gasteiger partial charge in [0.1, 0.15) is 11.4 Å². The van der Waals surface area contributed by atoms with Crippen LogP contribution >= 0.6 is 11.8 Å². The number of nitrogens with one attached hydrogen (secondary N) is 1. The van der Waals surface area contributed by atoms with Gasteiger partial charge in [-0.15, -0.1) is 16.8 Å². The van der Waals surface area contributed by atoms with Crippen molar-refractivity contribution in [2.45, 2.75) is 42.9 Å². The first-order valence-corrected chi connectivity index (χ1v) is 9.70. The molecule has 8 heteroatoms. The summed E-state index contributed by atoms with van der Waals surface area (Å²) in [4.78, 5) is 12.3. The van der Waals surface area contributed by atoms with E-state index in [1.807, 2.05) is 4.57 Å². The Kier molecular flexibility index (Phi) is 5.91. The summed E-state index contributed by atoms with van der Waals surface area (Å²) in [6, 6.07) is 8.25. The summed E-state index contributed by atoms with van der Waals surface area (Å²) in [7, 11) is 0. The number of nitriles is 1. The Morgan fingerprint density at radius 1 is 1.37 bits per heavy atom. The SMILES string of the molecule is C=CCn1c(SCC(=O)NC2(C#N)CCCC2)nnc1-c1ccc(F)cc1. The fraction of sp³-hybridized carbons (Fsp3) is 0.368. The van der Waals surface area contributed by atoms with E-state index in [4.69, 9.17) is 0 Å². The zero-order chi connectivity index (χ0) is 19.3. The summed E-state index contributed by atoms with van der Waals surface area (Å²) in [5, 5.41) is 21.2. The van der Waals surface area contributed by atoms with Crippen LogP contribution in [0.15, 0.2) is 42.1 Å². The molecular weight excluding hydrogens is 365 g/mol. The minimum atomic E-state index is -0.730. The van der Waals surface area contributed by atoms with Crippen LogP contribution in [0, 0.1) is 17.1 Å². The van der Waals surface area contributed by atoms with Gasteiger partial charge in [0.2, 0.25) is 5.91 Å². The number of hydrogen-bond donors (Lipinski definition) is 1. The zero-order valence-electron chi connectivity index (χ0n) is 14.8. The number of carbonyl (C=O) groups excluding carboxylic acids is 1. The lowest BCUT2D eigenvalue weighted by Crippen LogP contribution is -2.45. The Bertz CT molecular complexity index is 865. The van der Waals surface area contributed by atoms with Crippen LogP contribution in [-0.4, -0.2) is 32.0 Å². The molecule has 1 N–H and O–H groups in total. The van der Waals surface area contributed by atoms with Gasteiger partial charge in [0.05, 0.1) is 11.8 Å². The number of nitrogens with zero attached hydrogens (tertiary/aromatic N) is 4. The molecule has 0 saturated heterocycles. The van der Waals surface area contributed by atoms with Gasteiger partial charge in [-0.3, -0.25) is 9.36 Å². The Balaban J connectivity index is 1.71. The molecule has 1 aromatic heterocycles. The van der Waals surface area contributed by atoms with E-state index in [2.05, 4.69) is 28.2 Å². The first-order valence-electron chi connectivity index (χ1n) is 8.72. The van der Waals surface area contributed by atoms with Crippen molar-refractivity contribution in [3.8, 4) is 17.5 Å². The van der Waals surface area contributed by atoms with E-state index in [0.29, 0.717) is 30.4 Å². The number of halogens is 1. The minimum Gasteiger partial charge on any atom is -0.337 e. The van der Waals surface area contributed by atoms with Gasteiger partial charge in [-0.2, -0.15) is 5.26 Å². The highest BCUT2D eigenvalue weighted by atomic mass is 32.2. The maximum absolute atomic E-state index is 13.2. The summed E-state index contributed by atoms with van der Waals surface area (Å²) in [5.74, 6) is 0.211. The maximum Gasteiger partial charge on any atom is 0.231 e. The van der Waals surface area contributed by atoms with Crippen molar-refractivity contribution in [2.75, 3.05) is 5.75 Å². The van der Waals surface area contributed by atoms with Crippen molar-refractivity contribution in [2.24, 2.45) is 0 Å². The van der Waals surface area contributed by atoms with Crippen molar-refractivity contribution < 1.29 is 9.18 Å². The fourth-order valence-electron chi connectivity index (χ4n) is 3.18. The predicted octanol–water partition coefficient (Wildman–Crippen LogP) is 3.31. The number of amides is 1. The van der Waals surface area contributed by atoms with Crippen LogP contribution in [-0.2, 0) is 11.3 Å². The number of carbonyl (C=O) groups is 1. The average Bonchev–Trinajstić information content (AvgIpc) is 3.29. The van der Waals surface area contributed by atoms with Gasteiger partial charge in [0.15, 0.2) is 11.0 Å². The summed E-state index contributed by atoms with van der Waals surface area (Å²) in [6.45, 7) is 4.21. The summed E-state index contributed by atoms with van der Waals surface area (Å²) >= 11 is 1.25. The van der Waals surface area contributed by atoms with Gasteiger partial charge in [0, 0.05) is 12.1 Å². The van der Waals surface area contributed by atoms with Gasteiger partial charge < -0.3 is 5.32 Å². The summed E-state index contributed by atoms with van der Waals surface area (Å²) in [5.41, 5.74) is 0.00236. The topological polar surface area (TPSA) is 83.6 Å². The first kappa shape index (κ1) is 19.1. The fourth-order valence-corrected chi connectivity index (χ4v) is 3.93. The van der Waals surface area contributed by atoms with E-state index in [1.54, 1.807) is 18.2 Å². The molecule has 0 unspecified atom stereocenters. The predicted molar refractivity (Wildman–Crippen MR) is 101 cm³/mol. The molecule has 140 valence electrons. The smallest absolute Gasteiger partial charge is 0.231 e. The van der Waals surface area contributed by atoms with Gasteiger partial charge >= 0.3 is 0 Å². The molecule has 0 atom stereocenters. The van der Waals surface area contributed by atoms with Crippen molar-refractivity contribution in [1.29, 1.82) is 5.26 Å². The van der Waals surface area contributed by atoms with E-state index in [-0.39, 0.29) is 17.5 Å². The van der Waals surface area contributed by atoms with Crippen LogP contribution in [0.4, 0.5) is 4.39 Å². The monoisotopic (exact) mass is 385 g/mol. The Morgan fingerprint density at radius 2 is 2.07 bits per heavy atom. The number of allylic oxidation sites excluding steroid dienone is 1. The molecule has 1 aromatic carbocycles. The molecule has 0 aliphatic heterocycles. The summed E-state index contributed by atoms with van der Waals surface area (Å²) < 4.78 is 15.0. The standard InChI is InChI=1S/C19H20FN5OS/c1-2-11-25-17(14-5-7-15(20)8-6-14)23-24-18(25)27-12-16(26)22-19(13-21)9-3-4-10-19/h2,5-8H,1,3-4,9-12H2,(H,22,26). The molecule has 3 rings (SSSR count). The Morgan fingerprint density at radius 3 is 2.70 bits per heavy atom. The third-order valence-electron chi connectivity index (χ3n) is 4.51.